The average Bonchev–Trinajstić information content (AvgIpc) is 2.30. The summed E-state index contributed by atoms with van der Waals surface area (Å²) in [7, 11) is 0. The lowest BCUT2D eigenvalue weighted by atomic mass is 10.3. The Bertz CT molecular complexity index is 267. The van der Waals surface area contributed by atoms with Crippen molar-refractivity contribution in [1.82, 2.24) is 14.9 Å². The highest BCUT2D eigenvalue weighted by Crippen LogP contribution is 2.08. The van der Waals surface area contributed by atoms with Gasteiger partial charge in [-0.2, -0.15) is 0 Å². The molecule has 2 rings (SSSR count). The first-order valence-corrected chi connectivity index (χ1v) is 4.94. The van der Waals surface area contributed by atoms with Crippen LogP contribution in [0.25, 0.3) is 0 Å². The molecule has 14 heavy (non-hydrogen) atoms. The van der Waals surface area contributed by atoms with Crippen LogP contribution in [0.15, 0.2) is 18.5 Å². The maximum Gasteiger partial charge on any atom is 0.225 e. The maximum atomic E-state index is 4.23. The molecule has 0 aromatic carbocycles. The predicted octanol–water partition coefficient (Wildman–Crippen LogP) is 0.433. The van der Waals surface area contributed by atoms with Crippen molar-refractivity contribution in [3.63, 3.8) is 0 Å². The van der Waals surface area contributed by atoms with Gasteiger partial charge in [-0.15, -0.1) is 0 Å². The fraction of sp³-hybridized carbons (Fsp3) is 0.500. The Hall–Kier alpha value is -1.16. The molecule has 0 amide bonds. The molecule has 4 nitrogen and oxygen atoms in total. The number of nitrogens with zero attached hydrogens (tertiary/aromatic N) is 4. The maximum absolute atomic E-state index is 4.23. The standard InChI is InChI=1S/C10H15N4/c1-2-13-6-8-14(9-7-13)10-11-4-3-5-12-10/h3-5H,1-2,6-9H2. The topological polar surface area (TPSA) is 32.3 Å². The van der Waals surface area contributed by atoms with E-state index in [0.717, 1.165) is 38.7 Å². The minimum atomic E-state index is 0.844. The molecule has 0 aliphatic carbocycles. The molecule has 1 radical (unpaired) electrons. The highest BCUT2D eigenvalue weighted by Gasteiger charge is 2.16. The summed E-state index contributed by atoms with van der Waals surface area (Å²) in [5.41, 5.74) is 0. The second-order valence-corrected chi connectivity index (χ2v) is 3.38. The van der Waals surface area contributed by atoms with Gasteiger partial charge in [0, 0.05) is 38.6 Å². The zero-order valence-electron chi connectivity index (χ0n) is 8.26. The van der Waals surface area contributed by atoms with Gasteiger partial charge in [0.2, 0.25) is 5.95 Å². The van der Waals surface area contributed by atoms with Crippen molar-refractivity contribution < 1.29 is 0 Å². The summed E-state index contributed by atoms with van der Waals surface area (Å²) in [4.78, 5) is 13.0. The lowest BCUT2D eigenvalue weighted by Gasteiger charge is -2.33. The molecule has 4 heteroatoms. The van der Waals surface area contributed by atoms with E-state index in [4.69, 9.17) is 0 Å². The van der Waals surface area contributed by atoms with Gasteiger partial charge in [0.15, 0.2) is 0 Å². The molecule has 0 N–H and O–H groups in total. The number of anilines is 1. The third-order valence-electron chi connectivity index (χ3n) is 2.52. The minimum absolute atomic E-state index is 0.844. The van der Waals surface area contributed by atoms with E-state index in [1.807, 2.05) is 6.07 Å². The molecule has 75 valence electrons. The first-order valence-electron chi connectivity index (χ1n) is 4.94. The zero-order chi connectivity index (χ0) is 9.80. The van der Waals surface area contributed by atoms with Crippen LogP contribution in [0.5, 0.6) is 0 Å². The third kappa shape index (κ3) is 2.01. The third-order valence-corrected chi connectivity index (χ3v) is 2.52. The molecule has 1 saturated heterocycles. The minimum Gasteiger partial charge on any atom is -0.338 e. The predicted molar refractivity (Wildman–Crippen MR) is 56.0 cm³/mol. The Kier molecular flexibility index (Phi) is 2.93. The summed E-state index contributed by atoms with van der Waals surface area (Å²) in [6.45, 7) is 8.89. The zero-order valence-corrected chi connectivity index (χ0v) is 8.26. The van der Waals surface area contributed by atoms with Crippen molar-refractivity contribution in [2.45, 2.75) is 0 Å². The van der Waals surface area contributed by atoms with Gasteiger partial charge in [0.05, 0.1) is 0 Å². The number of hydrogen-bond acceptors (Lipinski definition) is 4. The van der Waals surface area contributed by atoms with Gasteiger partial charge in [0.25, 0.3) is 0 Å². The summed E-state index contributed by atoms with van der Waals surface area (Å²) in [6.07, 6.45) is 3.58. The lowest BCUT2D eigenvalue weighted by molar-refractivity contribution is 0.281. The molecule has 2 heterocycles. The molecule has 1 aromatic rings. The van der Waals surface area contributed by atoms with Gasteiger partial charge in [-0.3, -0.25) is 4.90 Å². The van der Waals surface area contributed by atoms with E-state index < -0.39 is 0 Å². The van der Waals surface area contributed by atoms with Crippen LogP contribution in [0.1, 0.15) is 0 Å². The van der Waals surface area contributed by atoms with Crippen LogP contribution in [0.4, 0.5) is 5.95 Å². The Morgan fingerprint density at radius 1 is 1.14 bits per heavy atom. The van der Waals surface area contributed by atoms with Crippen LogP contribution in [0.3, 0.4) is 0 Å². The van der Waals surface area contributed by atoms with Crippen LogP contribution in [0.2, 0.25) is 0 Å². The second kappa shape index (κ2) is 4.37. The van der Waals surface area contributed by atoms with Crippen molar-refractivity contribution >= 4 is 5.95 Å². The molecule has 1 aromatic heterocycles. The van der Waals surface area contributed by atoms with E-state index in [-0.39, 0.29) is 0 Å². The number of aromatic nitrogens is 2. The summed E-state index contributed by atoms with van der Waals surface area (Å²) in [5, 5.41) is 0. The fourth-order valence-corrected chi connectivity index (χ4v) is 1.63. The number of rotatable bonds is 2. The molecule has 0 spiro atoms. The Balaban J connectivity index is 1.96. The number of hydrogen-bond donors (Lipinski definition) is 0. The molecule has 1 fully saturated rings. The average molecular weight is 191 g/mol. The molecule has 0 unspecified atom stereocenters. The van der Waals surface area contributed by atoms with E-state index in [2.05, 4.69) is 26.7 Å². The largest absolute Gasteiger partial charge is 0.338 e. The summed E-state index contributed by atoms with van der Waals surface area (Å²) < 4.78 is 0. The van der Waals surface area contributed by atoms with E-state index in [0.29, 0.717) is 0 Å². The van der Waals surface area contributed by atoms with Crippen LogP contribution in [-0.2, 0) is 0 Å². The monoisotopic (exact) mass is 191 g/mol. The Morgan fingerprint density at radius 2 is 1.79 bits per heavy atom. The van der Waals surface area contributed by atoms with Crippen molar-refractivity contribution in [3.8, 4) is 0 Å². The van der Waals surface area contributed by atoms with Crippen LogP contribution >= 0.6 is 0 Å². The summed E-state index contributed by atoms with van der Waals surface area (Å²) >= 11 is 0. The van der Waals surface area contributed by atoms with Crippen molar-refractivity contribution in [1.29, 1.82) is 0 Å². The molecule has 0 saturated carbocycles. The van der Waals surface area contributed by atoms with Gasteiger partial charge in [-0.1, -0.05) is 0 Å². The first-order chi connectivity index (χ1) is 6.90. The molecule has 0 atom stereocenters. The summed E-state index contributed by atoms with van der Waals surface area (Å²) in [5.74, 6) is 0.844. The Labute approximate surface area is 84.6 Å². The van der Waals surface area contributed by atoms with Crippen LogP contribution in [-0.4, -0.2) is 47.6 Å². The first kappa shape index (κ1) is 9.40. The quantitative estimate of drug-likeness (QED) is 0.678. The van der Waals surface area contributed by atoms with E-state index in [1.165, 1.54) is 0 Å². The molecule has 0 bridgehead atoms. The normalized spacial score (nSPS) is 18.5. The fourth-order valence-electron chi connectivity index (χ4n) is 1.63. The highest BCUT2D eigenvalue weighted by molar-refractivity contribution is 5.29. The van der Waals surface area contributed by atoms with Crippen molar-refractivity contribution in [3.05, 3.63) is 25.4 Å². The SMILES string of the molecule is [CH2]CN1CCN(c2ncccn2)CC1. The van der Waals surface area contributed by atoms with Gasteiger partial charge in [-0.25, -0.2) is 9.97 Å². The lowest BCUT2D eigenvalue weighted by Crippen LogP contribution is -2.46. The van der Waals surface area contributed by atoms with Crippen LogP contribution in [0, 0.1) is 6.92 Å². The van der Waals surface area contributed by atoms with E-state index in [1.54, 1.807) is 12.4 Å². The van der Waals surface area contributed by atoms with Gasteiger partial charge in [0.1, 0.15) is 0 Å². The molecule has 1 aliphatic rings. The van der Waals surface area contributed by atoms with E-state index in [9.17, 15) is 0 Å². The summed E-state index contributed by atoms with van der Waals surface area (Å²) in [6, 6.07) is 1.84. The van der Waals surface area contributed by atoms with Gasteiger partial charge >= 0.3 is 0 Å². The van der Waals surface area contributed by atoms with Crippen molar-refractivity contribution in [2.75, 3.05) is 37.6 Å². The number of piperazine rings is 1. The molecule has 1 aliphatic heterocycles. The molecular weight excluding hydrogens is 176 g/mol. The van der Waals surface area contributed by atoms with Gasteiger partial charge < -0.3 is 4.90 Å². The van der Waals surface area contributed by atoms with Crippen molar-refractivity contribution in [2.24, 2.45) is 0 Å². The van der Waals surface area contributed by atoms with E-state index >= 15 is 0 Å². The van der Waals surface area contributed by atoms with Gasteiger partial charge in [-0.05, 0) is 19.5 Å². The highest BCUT2D eigenvalue weighted by atomic mass is 15.3. The van der Waals surface area contributed by atoms with Crippen LogP contribution < -0.4 is 4.90 Å². The second-order valence-electron chi connectivity index (χ2n) is 3.38. The smallest absolute Gasteiger partial charge is 0.225 e. The Morgan fingerprint density at radius 3 is 2.36 bits per heavy atom. The molecular formula is C10H15N4.